The first-order valence-corrected chi connectivity index (χ1v) is 6.52. The molecule has 1 saturated heterocycles. The summed E-state index contributed by atoms with van der Waals surface area (Å²) < 4.78 is 44.6. The van der Waals surface area contributed by atoms with E-state index in [1.165, 1.54) is 0 Å². The number of ether oxygens (including phenoxy) is 1. The third-order valence-corrected chi connectivity index (χ3v) is 3.68. The summed E-state index contributed by atoms with van der Waals surface area (Å²) in [5.74, 6) is -2.41. The van der Waals surface area contributed by atoms with Crippen molar-refractivity contribution >= 4 is 0 Å². The number of hydrogen-bond donors (Lipinski definition) is 1. The lowest BCUT2D eigenvalue weighted by Crippen LogP contribution is -2.36. The zero-order valence-corrected chi connectivity index (χ0v) is 10.9. The van der Waals surface area contributed by atoms with E-state index in [2.05, 4.69) is 5.32 Å². The molecular weight excluding hydrogens is 255 g/mol. The fourth-order valence-corrected chi connectivity index (χ4v) is 2.35. The zero-order valence-electron chi connectivity index (χ0n) is 10.9. The van der Waals surface area contributed by atoms with Crippen LogP contribution in [0.4, 0.5) is 13.2 Å². The van der Waals surface area contributed by atoms with E-state index in [-0.39, 0.29) is 18.2 Å². The number of nitrogens with one attached hydrogen (secondary N) is 1. The minimum Gasteiger partial charge on any atom is -0.381 e. The van der Waals surface area contributed by atoms with Gasteiger partial charge in [-0.05, 0) is 31.7 Å². The van der Waals surface area contributed by atoms with Crippen LogP contribution in [-0.2, 0) is 11.3 Å². The van der Waals surface area contributed by atoms with Crippen LogP contribution in [0.2, 0.25) is 0 Å². The van der Waals surface area contributed by atoms with E-state index in [4.69, 9.17) is 4.74 Å². The molecule has 0 amide bonds. The van der Waals surface area contributed by atoms with E-state index >= 15 is 0 Å². The summed E-state index contributed by atoms with van der Waals surface area (Å²) in [6.07, 6.45) is 1.93. The van der Waals surface area contributed by atoms with Crippen molar-refractivity contribution in [3.05, 3.63) is 35.1 Å². The first-order chi connectivity index (χ1) is 9.08. The van der Waals surface area contributed by atoms with Crippen molar-refractivity contribution in [3.8, 4) is 0 Å². The molecule has 1 atom stereocenters. The van der Waals surface area contributed by atoms with E-state index in [1.54, 1.807) is 0 Å². The Morgan fingerprint density at radius 2 is 1.79 bits per heavy atom. The Morgan fingerprint density at radius 3 is 2.47 bits per heavy atom. The van der Waals surface area contributed by atoms with Crippen molar-refractivity contribution in [2.24, 2.45) is 5.92 Å². The second-order valence-electron chi connectivity index (χ2n) is 4.98. The Labute approximate surface area is 111 Å². The predicted molar refractivity (Wildman–Crippen MR) is 66.2 cm³/mol. The normalized spacial score (nSPS) is 18.5. The molecule has 1 unspecified atom stereocenters. The minimum atomic E-state index is -1.15. The molecule has 1 aromatic carbocycles. The average molecular weight is 273 g/mol. The van der Waals surface area contributed by atoms with Gasteiger partial charge in [0.1, 0.15) is 5.82 Å². The van der Waals surface area contributed by atoms with Crippen LogP contribution < -0.4 is 5.32 Å². The van der Waals surface area contributed by atoms with Gasteiger partial charge < -0.3 is 10.1 Å². The molecule has 0 aromatic heterocycles. The number of rotatable bonds is 4. The number of hydrogen-bond acceptors (Lipinski definition) is 2. The summed E-state index contributed by atoms with van der Waals surface area (Å²) in [4.78, 5) is 0. The fraction of sp³-hybridized carbons (Fsp3) is 0.571. The molecular formula is C14H18F3NO. The van der Waals surface area contributed by atoms with E-state index in [0.29, 0.717) is 12.0 Å². The molecule has 5 heteroatoms. The van der Waals surface area contributed by atoms with Crippen LogP contribution in [0.3, 0.4) is 0 Å². The Kier molecular flexibility index (Phi) is 4.82. The summed E-state index contributed by atoms with van der Waals surface area (Å²) in [6, 6.07) is 1.69. The lowest BCUT2D eigenvalue weighted by molar-refractivity contribution is 0.0557. The summed E-state index contributed by atoms with van der Waals surface area (Å²) >= 11 is 0. The highest BCUT2D eigenvalue weighted by Crippen LogP contribution is 2.19. The Hall–Kier alpha value is -1.07. The van der Waals surface area contributed by atoms with Gasteiger partial charge in [-0.3, -0.25) is 0 Å². The van der Waals surface area contributed by atoms with Gasteiger partial charge >= 0.3 is 0 Å². The topological polar surface area (TPSA) is 21.3 Å². The number of halogens is 3. The molecule has 0 radical (unpaired) electrons. The molecule has 1 aliphatic heterocycles. The third-order valence-electron chi connectivity index (χ3n) is 3.68. The van der Waals surface area contributed by atoms with Gasteiger partial charge in [-0.2, -0.15) is 0 Å². The van der Waals surface area contributed by atoms with Crippen molar-refractivity contribution in [2.45, 2.75) is 32.4 Å². The second kappa shape index (κ2) is 6.39. The van der Waals surface area contributed by atoms with Crippen LogP contribution in [-0.4, -0.2) is 19.3 Å². The maximum absolute atomic E-state index is 13.5. The van der Waals surface area contributed by atoms with Gasteiger partial charge in [0.2, 0.25) is 0 Å². The van der Waals surface area contributed by atoms with Crippen LogP contribution in [0.5, 0.6) is 0 Å². The van der Waals surface area contributed by atoms with Crippen molar-refractivity contribution in [1.29, 1.82) is 0 Å². The van der Waals surface area contributed by atoms with Crippen molar-refractivity contribution in [1.82, 2.24) is 5.32 Å². The summed E-state index contributed by atoms with van der Waals surface area (Å²) in [6.45, 7) is 3.71. The van der Waals surface area contributed by atoms with Crippen molar-refractivity contribution < 1.29 is 17.9 Å². The summed E-state index contributed by atoms with van der Waals surface area (Å²) in [7, 11) is 0. The molecule has 1 fully saturated rings. The molecule has 0 saturated carbocycles. The molecule has 2 nitrogen and oxygen atoms in total. The quantitative estimate of drug-likeness (QED) is 0.851. The monoisotopic (exact) mass is 273 g/mol. The lowest BCUT2D eigenvalue weighted by atomic mass is 9.93. The van der Waals surface area contributed by atoms with E-state index < -0.39 is 17.5 Å². The van der Waals surface area contributed by atoms with E-state index in [0.717, 1.165) is 32.1 Å². The molecule has 0 bridgehead atoms. The van der Waals surface area contributed by atoms with Gasteiger partial charge in [0.25, 0.3) is 0 Å². The van der Waals surface area contributed by atoms with Gasteiger partial charge in [0.15, 0.2) is 11.6 Å². The Morgan fingerprint density at radius 1 is 1.16 bits per heavy atom. The van der Waals surface area contributed by atoms with Gasteiger partial charge in [-0.25, -0.2) is 13.2 Å². The van der Waals surface area contributed by atoms with Crippen LogP contribution >= 0.6 is 0 Å². The summed E-state index contributed by atoms with van der Waals surface area (Å²) in [5, 5.41) is 3.17. The predicted octanol–water partition coefficient (Wildman–Crippen LogP) is 3.01. The third kappa shape index (κ3) is 3.70. The molecule has 2 rings (SSSR count). The smallest absolute Gasteiger partial charge is 0.161 e. The van der Waals surface area contributed by atoms with Gasteiger partial charge in [0, 0.05) is 37.4 Å². The molecule has 0 aliphatic carbocycles. The largest absolute Gasteiger partial charge is 0.381 e. The molecule has 0 spiro atoms. The van der Waals surface area contributed by atoms with Crippen LogP contribution in [0.1, 0.15) is 25.3 Å². The van der Waals surface area contributed by atoms with Gasteiger partial charge in [-0.1, -0.05) is 0 Å². The van der Waals surface area contributed by atoms with Crippen molar-refractivity contribution in [2.75, 3.05) is 13.2 Å². The molecule has 19 heavy (non-hydrogen) atoms. The average Bonchev–Trinajstić information content (AvgIpc) is 2.42. The molecule has 1 aromatic rings. The maximum Gasteiger partial charge on any atom is 0.161 e. The first kappa shape index (κ1) is 14.3. The van der Waals surface area contributed by atoms with Crippen molar-refractivity contribution in [3.63, 3.8) is 0 Å². The second-order valence-corrected chi connectivity index (χ2v) is 4.98. The zero-order chi connectivity index (χ0) is 13.8. The van der Waals surface area contributed by atoms with Gasteiger partial charge in [-0.15, -0.1) is 0 Å². The van der Waals surface area contributed by atoms with Crippen LogP contribution in [0.15, 0.2) is 12.1 Å². The summed E-state index contributed by atoms with van der Waals surface area (Å²) in [5.41, 5.74) is 0.151. The first-order valence-electron chi connectivity index (χ1n) is 6.52. The molecule has 1 aliphatic rings. The molecule has 1 N–H and O–H groups in total. The Bertz CT molecular complexity index is 433. The SMILES string of the molecule is CC(NCc1cc(F)c(F)cc1F)C1CCOCC1. The highest BCUT2D eigenvalue weighted by Gasteiger charge is 2.20. The standard InChI is InChI=1S/C14H18F3NO/c1-9(10-2-4-19-5-3-10)18-8-11-6-13(16)14(17)7-12(11)15/h6-7,9-10,18H,2-5,8H2,1H3. The van der Waals surface area contributed by atoms with E-state index in [9.17, 15) is 13.2 Å². The van der Waals surface area contributed by atoms with Crippen LogP contribution in [0, 0.1) is 23.4 Å². The highest BCUT2D eigenvalue weighted by molar-refractivity contribution is 5.20. The molecule has 1 heterocycles. The Balaban J connectivity index is 1.92. The lowest BCUT2D eigenvalue weighted by Gasteiger charge is -2.28. The van der Waals surface area contributed by atoms with E-state index in [1.807, 2.05) is 6.92 Å². The van der Waals surface area contributed by atoms with Gasteiger partial charge in [0.05, 0.1) is 0 Å². The fourth-order valence-electron chi connectivity index (χ4n) is 2.35. The minimum absolute atomic E-state index is 0.151. The highest BCUT2D eigenvalue weighted by atomic mass is 19.2. The maximum atomic E-state index is 13.5. The number of benzene rings is 1. The molecule has 106 valence electrons. The van der Waals surface area contributed by atoms with Crippen LogP contribution in [0.25, 0.3) is 0 Å².